The van der Waals surface area contributed by atoms with Crippen molar-refractivity contribution in [2.24, 2.45) is 0 Å². The van der Waals surface area contributed by atoms with Gasteiger partial charge in [-0.3, -0.25) is 4.90 Å². The van der Waals surface area contributed by atoms with Crippen molar-refractivity contribution in [2.45, 2.75) is 45.3 Å². The lowest BCUT2D eigenvalue weighted by atomic mass is 10.2. The van der Waals surface area contributed by atoms with E-state index in [2.05, 4.69) is 38.5 Å². The SMILES string of the molecule is CCCc1noc(C(C)N2CCN(CCCOCC(F)(F)F)CC2)n1. The van der Waals surface area contributed by atoms with Crippen molar-refractivity contribution in [2.75, 3.05) is 45.9 Å². The number of hydrogen-bond donors (Lipinski definition) is 0. The monoisotopic (exact) mass is 364 g/mol. The van der Waals surface area contributed by atoms with Gasteiger partial charge in [-0.2, -0.15) is 18.2 Å². The molecule has 0 bridgehead atoms. The zero-order valence-electron chi connectivity index (χ0n) is 14.9. The van der Waals surface area contributed by atoms with Gasteiger partial charge in [-0.25, -0.2) is 0 Å². The van der Waals surface area contributed by atoms with Crippen LogP contribution < -0.4 is 0 Å². The van der Waals surface area contributed by atoms with Crippen molar-refractivity contribution in [1.29, 1.82) is 0 Å². The van der Waals surface area contributed by atoms with Crippen LogP contribution in [0.25, 0.3) is 0 Å². The van der Waals surface area contributed by atoms with E-state index in [1.807, 2.05) is 0 Å². The minimum absolute atomic E-state index is 0.0791. The maximum absolute atomic E-state index is 12.0. The van der Waals surface area contributed by atoms with Crippen LogP contribution in [0.4, 0.5) is 13.2 Å². The average molecular weight is 364 g/mol. The molecule has 0 amide bonds. The van der Waals surface area contributed by atoms with E-state index in [1.165, 1.54) is 0 Å². The first-order valence-corrected chi connectivity index (χ1v) is 8.82. The number of piperazine rings is 1. The Morgan fingerprint density at radius 3 is 2.60 bits per heavy atom. The third kappa shape index (κ3) is 6.91. The van der Waals surface area contributed by atoms with Gasteiger partial charge in [0, 0.05) is 45.8 Å². The number of ether oxygens (including phenoxy) is 1. The Morgan fingerprint density at radius 1 is 1.24 bits per heavy atom. The maximum Gasteiger partial charge on any atom is 0.411 e. The van der Waals surface area contributed by atoms with Gasteiger partial charge in [-0.1, -0.05) is 12.1 Å². The molecule has 2 heterocycles. The molecule has 1 aromatic rings. The van der Waals surface area contributed by atoms with Gasteiger partial charge in [0.25, 0.3) is 0 Å². The highest BCUT2D eigenvalue weighted by atomic mass is 19.4. The van der Waals surface area contributed by atoms with E-state index in [0.29, 0.717) is 12.3 Å². The van der Waals surface area contributed by atoms with Gasteiger partial charge in [0.1, 0.15) is 6.61 Å². The summed E-state index contributed by atoms with van der Waals surface area (Å²) >= 11 is 0. The van der Waals surface area contributed by atoms with Crippen molar-refractivity contribution >= 4 is 0 Å². The fourth-order valence-electron chi connectivity index (χ4n) is 2.87. The lowest BCUT2D eigenvalue weighted by Gasteiger charge is -2.36. The summed E-state index contributed by atoms with van der Waals surface area (Å²) < 4.78 is 45.9. The summed E-state index contributed by atoms with van der Waals surface area (Å²) in [6.45, 7) is 7.35. The molecule has 2 rings (SSSR count). The molecule has 1 fully saturated rings. The molecule has 0 aliphatic carbocycles. The van der Waals surface area contributed by atoms with Crippen molar-refractivity contribution in [3.8, 4) is 0 Å². The lowest BCUT2D eigenvalue weighted by Crippen LogP contribution is -2.47. The highest BCUT2D eigenvalue weighted by molar-refractivity contribution is 4.93. The zero-order valence-corrected chi connectivity index (χ0v) is 14.9. The summed E-state index contributed by atoms with van der Waals surface area (Å²) in [7, 11) is 0. The van der Waals surface area contributed by atoms with Gasteiger partial charge in [-0.15, -0.1) is 0 Å². The van der Waals surface area contributed by atoms with Crippen molar-refractivity contribution < 1.29 is 22.4 Å². The van der Waals surface area contributed by atoms with E-state index in [-0.39, 0.29) is 12.6 Å². The number of nitrogens with zero attached hydrogens (tertiary/aromatic N) is 4. The Hall–Kier alpha value is -1.19. The second-order valence-electron chi connectivity index (χ2n) is 6.37. The van der Waals surface area contributed by atoms with Crippen molar-refractivity contribution in [3.05, 3.63) is 11.7 Å². The first-order valence-electron chi connectivity index (χ1n) is 8.82. The molecule has 144 valence electrons. The zero-order chi connectivity index (χ0) is 18.3. The van der Waals surface area contributed by atoms with Crippen LogP contribution in [0, 0.1) is 0 Å². The van der Waals surface area contributed by atoms with Crippen LogP contribution >= 0.6 is 0 Å². The predicted molar refractivity (Wildman–Crippen MR) is 86.2 cm³/mol. The van der Waals surface area contributed by atoms with Gasteiger partial charge >= 0.3 is 6.18 Å². The molecule has 1 aliphatic heterocycles. The van der Waals surface area contributed by atoms with Crippen LogP contribution in [0.5, 0.6) is 0 Å². The summed E-state index contributed by atoms with van der Waals surface area (Å²) in [4.78, 5) is 8.98. The summed E-state index contributed by atoms with van der Waals surface area (Å²) in [6, 6.07) is 0.0791. The molecular formula is C16H27F3N4O2. The van der Waals surface area contributed by atoms with Crippen molar-refractivity contribution in [3.63, 3.8) is 0 Å². The average Bonchev–Trinajstić information content (AvgIpc) is 3.02. The van der Waals surface area contributed by atoms with Crippen LogP contribution in [-0.2, 0) is 11.2 Å². The Kier molecular flexibility index (Phi) is 7.64. The van der Waals surface area contributed by atoms with E-state index in [9.17, 15) is 13.2 Å². The van der Waals surface area contributed by atoms with E-state index >= 15 is 0 Å². The minimum atomic E-state index is -4.24. The van der Waals surface area contributed by atoms with Crippen LogP contribution in [0.1, 0.15) is 44.4 Å². The standard InChI is InChI=1S/C16H27F3N4O2/c1-3-5-14-20-15(25-21-14)13(2)23-9-7-22(8-10-23)6-4-11-24-12-16(17,18)19/h13H,3-12H2,1-2H3. The fraction of sp³-hybridized carbons (Fsp3) is 0.875. The normalized spacial score (nSPS) is 18.6. The van der Waals surface area contributed by atoms with E-state index in [4.69, 9.17) is 4.52 Å². The number of aryl methyl sites for hydroxylation is 1. The first-order chi connectivity index (χ1) is 11.9. The second-order valence-corrected chi connectivity index (χ2v) is 6.37. The topological polar surface area (TPSA) is 54.6 Å². The molecule has 0 aromatic carbocycles. The molecule has 1 aromatic heterocycles. The fourth-order valence-corrected chi connectivity index (χ4v) is 2.87. The number of halogens is 3. The van der Waals surface area contributed by atoms with Gasteiger partial charge in [0.05, 0.1) is 6.04 Å². The molecule has 25 heavy (non-hydrogen) atoms. The summed E-state index contributed by atoms with van der Waals surface area (Å²) in [5, 5.41) is 3.99. The summed E-state index contributed by atoms with van der Waals surface area (Å²) in [5.41, 5.74) is 0. The number of hydrogen-bond acceptors (Lipinski definition) is 6. The predicted octanol–water partition coefficient (Wildman–Crippen LogP) is 2.67. The van der Waals surface area contributed by atoms with E-state index < -0.39 is 12.8 Å². The molecule has 1 atom stereocenters. The molecule has 0 saturated carbocycles. The van der Waals surface area contributed by atoms with E-state index in [0.717, 1.165) is 51.4 Å². The van der Waals surface area contributed by atoms with Crippen LogP contribution in [0.2, 0.25) is 0 Å². The smallest absolute Gasteiger partial charge is 0.372 e. The minimum Gasteiger partial charge on any atom is -0.372 e. The molecule has 1 unspecified atom stereocenters. The first kappa shape index (κ1) is 20.1. The van der Waals surface area contributed by atoms with Crippen molar-refractivity contribution in [1.82, 2.24) is 19.9 Å². The molecular weight excluding hydrogens is 337 g/mol. The summed E-state index contributed by atoms with van der Waals surface area (Å²) in [6.07, 6.45) is -1.83. The quantitative estimate of drug-likeness (QED) is 0.628. The highest BCUT2D eigenvalue weighted by Gasteiger charge is 2.28. The molecule has 0 spiro atoms. The van der Waals surface area contributed by atoms with Gasteiger partial charge in [0.2, 0.25) is 5.89 Å². The molecule has 1 saturated heterocycles. The lowest BCUT2D eigenvalue weighted by molar-refractivity contribution is -0.174. The molecule has 6 nitrogen and oxygen atoms in total. The molecule has 9 heteroatoms. The summed E-state index contributed by atoms with van der Waals surface area (Å²) in [5.74, 6) is 1.40. The third-order valence-electron chi connectivity index (χ3n) is 4.30. The van der Waals surface area contributed by atoms with E-state index in [1.54, 1.807) is 0 Å². The number of aromatic nitrogens is 2. The number of alkyl halides is 3. The molecule has 1 aliphatic rings. The van der Waals surface area contributed by atoms with Gasteiger partial charge in [-0.05, 0) is 19.8 Å². The van der Waals surface area contributed by atoms with Crippen LogP contribution in [0.3, 0.4) is 0 Å². The highest BCUT2D eigenvalue weighted by Crippen LogP contribution is 2.20. The Bertz CT molecular complexity index is 502. The Morgan fingerprint density at radius 2 is 1.96 bits per heavy atom. The Labute approximate surface area is 146 Å². The third-order valence-corrected chi connectivity index (χ3v) is 4.30. The maximum atomic E-state index is 12.0. The number of rotatable bonds is 9. The molecule has 0 radical (unpaired) electrons. The van der Waals surface area contributed by atoms with Crippen LogP contribution in [0.15, 0.2) is 4.52 Å². The van der Waals surface area contributed by atoms with Gasteiger partial charge in [0.15, 0.2) is 5.82 Å². The molecule has 0 N–H and O–H groups in total. The second kappa shape index (κ2) is 9.49. The Balaban J connectivity index is 1.65. The largest absolute Gasteiger partial charge is 0.411 e. The van der Waals surface area contributed by atoms with Crippen LogP contribution in [-0.4, -0.2) is 72.1 Å². The van der Waals surface area contributed by atoms with Gasteiger partial charge < -0.3 is 14.2 Å².